The number of benzene rings is 2. The maximum absolute atomic E-state index is 12.2. The summed E-state index contributed by atoms with van der Waals surface area (Å²) in [5.41, 5.74) is 1.18. The van der Waals surface area contributed by atoms with E-state index in [-0.39, 0.29) is 24.0 Å². The number of amides is 2. The number of nitro benzene ring substituents is 1. The molecule has 0 spiro atoms. The fraction of sp³-hybridized carbons (Fsp3) is 0.200. The van der Waals surface area contributed by atoms with Gasteiger partial charge >= 0.3 is 5.69 Å². The zero-order chi connectivity index (χ0) is 20.6. The standard InChI is InChI=1S/C20H20N4O5/c25-19(13-29-18-9-4-3-8-17(18)24(27)28)21-10-5-11-22-20(26)16-12-14-6-1-2-7-15(14)23-16/h1-4,6-9,12,23H,5,10-11,13H2,(H,21,25)(H,22,26). The minimum Gasteiger partial charge on any atom is -0.477 e. The number of carbonyl (C=O) groups excluding carboxylic acids is 2. The predicted molar refractivity (Wildman–Crippen MR) is 107 cm³/mol. The lowest BCUT2D eigenvalue weighted by Crippen LogP contribution is -2.32. The normalized spacial score (nSPS) is 10.5. The van der Waals surface area contributed by atoms with E-state index in [1.54, 1.807) is 12.1 Å². The molecule has 2 amide bonds. The lowest BCUT2D eigenvalue weighted by atomic mass is 10.2. The van der Waals surface area contributed by atoms with Gasteiger partial charge in [-0.2, -0.15) is 0 Å². The summed E-state index contributed by atoms with van der Waals surface area (Å²) in [6, 6.07) is 15.3. The van der Waals surface area contributed by atoms with Crippen LogP contribution in [-0.4, -0.2) is 41.4 Å². The third kappa shape index (κ3) is 5.32. The second-order valence-electron chi connectivity index (χ2n) is 6.24. The molecule has 9 heteroatoms. The molecule has 1 heterocycles. The van der Waals surface area contributed by atoms with Crippen LogP contribution < -0.4 is 15.4 Å². The van der Waals surface area contributed by atoms with Gasteiger partial charge in [0.25, 0.3) is 11.8 Å². The number of nitro groups is 1. The van der Waals surface area contributed by atoms with Crippen LogP contribution in [0.2, 0.25) is 0 Å². The molecule has 0 atom stereocenters. The topological polar surface area (TPSA) is 126 Å². The molecular weight excluding hydrogens is 376 g/mol. The van der Waals surface area contributed by atoms with Gasteiger partial charge in [-0.25, -0.2) is 0 Å². The second-order valence-corrected chi connectivity index (χ2v) is 6.24. The number of ether oxygens (including phenoxy) is 1. The van der Waals surface area contributed by atoms with Gasteiger partial charge in [0.2, 0.25) is 0 Å². The maximum Gasteiger partial charge on any atom is 0.310 e. The van der Waals surface area contributed by atoms with E-state index in [1.807, 2.05) is 24.3 Å². The fourth-order valence-corrected chi connectivity index (χ4v) is 2.73. The Morgan fingerprint density at radius 3 is 2.55 bits per heavy atom. The minimum absolute atomic E-state index is 0.0400. The number of aromatic nitrogens is 1. The Labute approximate surface area is 166 Å². The van der Waals surface area contributed by atoms with Gasteiger partial charge in [0, 0.05) is 30.1 Å². The third-order valence-corrected chi connectivity index (χ3v) is 4.16. The van der Waals surface area contributed by atoms with Crippen LogP contribution in [0.1, 0.15) is 16.9 Å². The summed E-state index contributed by atoms with van der Waals surface area (Å²) in [6.07, 6.45) is 0.531. The number of aromatic amines is 1. The van der Waals surface area contributed by atoms with Crippen molar-refractivity contribution in [3.63, 3.8) is 0 Å². The van der Waals surface area contributed by atoms with Crippen LogP contribution in [0, 0.1) is 10.1 Å². The van der Waals surface area contributed by atoms with E-state index >= 15 is 0 Å². The summed E-state index contributed by atoms with van der Waals surface area (Å²) in [5, 5.41) is 17.3. The van der Waals surface area contributed by atoms with Crippen LogP contribution in [0.4, 0.5) is 5.69 Å². The van der Waals surface area contributed by atoms with Crippen molar-refractivity contribution in [1.29, 1.82) is 0 Å². The Bertz CT molecular complexity index is 997. The van der Waals surface area contributed by atoms with Crippen molar-refractivity contribution < 1.29 is 19.2 Å². The SMILES string of the molecule is O=C(COc1ccccc1[N+](=O)[O-])NCCCNC(=O)c1cc2ccccc2[nH]1. The van der Waals surface area contributed by atoms with E-state index in [0.29, 0.717) is 25.2 Å². The molecule has 29 heavy (non-hydrogen) atoms. The molecule has 3 N–H and O–H groups in total. The van der Waals surface area contributed by atoms with E-state index in [9.17, 15) is 19.7 Å². The highest BCUT2D eigenvalue weighted by Gasteiger charge is 2.14. The zero-order valence-corrected chi connectivity index (χ0v) is 15.5. The van der Waals surface area contributed by atoms with E-state index in [2.05, 4.69) is 15.6 Å². The van der Waals surface area contributed by atoms with Gasteiger partial charge in [-0.15, -0.1) is 0 Å². The van der Waals surface area contributed by atoms with Crippen LogP contribution in [0.3, 0.4) is 0 Å². The van der Waals surface area contributed by atoms with Crippen LogP contribution in [-0.2, 0) is 4.79 Å². The van der Waals surface area contributed by atoms with E-state index < -0.39 is 10.8 Å². The molecule has 2 aromatic carbocycles. The van der Waals surface area contributed by atoms with Gasteiger partial charge in [-0.3, -0.25) is 19.7 Å². The first-order valence-corrected chi connectivity index (χ1v) is 9.03. The molecule has 0 aliphatic carbocycles. The molecular formula is C20H20N4O5. The van der Waals surface area contributed by atoms with Gasteiger partial charge in [0.05, 0.1) is 4.92 Å². The summed E-state index contributed by atoms with van der Waals surface area (Å²) in [5.74, 6) is -0.574. The molecule has 0 aliphatic rings. The Balaban J connectivity index is 1.35. The van der Waals surface area contributed by atoms with Crippen LogP contribution >= 0.6 is 0 Å². The average molecular weight is 396 g/mol. The van der Waals surface area contributed by atoms with Crippen LogP contribution in [0.25, 0.3) is 10.9 Å². The number of carbonyl (C=O) groups is 2. The molecule has 150 valence electrons. The fourth-order valence-electron chi connectivity index (χ4n) is 2.73. The predicted octanol–water partition coefficient (Wildman–Crippen LogP) is 2.39. The number of nitrogens with one attached hydrogen (secondary N) is 3. The molecule has 0 bridgehead atoms. The lowest BCUT2D eigenvalue weighted by molar-refractivity contribution is -0.385. The number of fused-ring (bicyclic) bond motifs is 1. The number of nitrogens with zero attached hydrogens (tertiary/aromatic N) is 1. The van der Waals surface area contributed by atoms with Crippen molar-refractivity contribution in [3.8, 4) is 5.75 Å². The number of para-hydroxylation sites is 3. The highest BCUT2D eigenvalue weighted by molar-refractivity contribution is 5.97. The second kappa shape index (κ2) is 9.36. The van der Waals surface area contributed by atoms with Crippen molar-refractivity contribution in [3.05, 3.63) is 70.4 Å². The summed E-state index contributed by atoms with van der Waals surface area (Å²) in [7, 11) is 0. The average Bonchev–Trinajstić information content (AvgIpc) is 3.16. The molecule has 3 rings (SSSR count). The molecule has 0 radical (unpaired) electrons. The smallest absolute Gasteiger partial charge is 0.310 e. The van der Waals surface area contributed by atoms with Crippen molar-refractivity contribution >= 4 is 28.4 Å². The van der Waals surface area contributed by atoms with Crippen LogP contribution in [0.15, 0.2) is 54.6 Å². The van der Waals surface area contributed by atoms with Crippen LogP contribution in [0.5, 0.6) is 5.75 Å². The van der Waals surface area contributed by atoms with Crippen molar-refractivity contribution in [2.45, 2.75) is 6.42 Å². The number of hydrogen-bond donors (Lipinski definition) is 3. The zero-order valence-electron chi connectivity index (χ0n) is 15.5. The molecule has 0 fully saturated rings. The number of H-pyrrole nitrogens is 1. The van der Waals surface area contributed by atoms with Crippen molar-refractivity contribution in [2.24, 2.45) is 0 Å². The Morgan fingerprint density at radius 2 is 1.76 bits per heavy atom. The molecule has 0 unspecified atom stereocenters. The highest BCUT2D eigenvalue weighted by Crippen LogP contribution is 2.25. The Kier molecular flexibility index (Phi) is 6.41. The van der Waals surface area contributed by atoms with Gasteiger partial charge in [0.15, 0.2) is 12.4 Å². The first-order chi connectivity index (χ1) is 14.0. The summed E-state index contributed by atoms with van der Waals surface area (Å²) in [6.45, 7) is 0.401. The van der Waals surface area contributed by atoms with Gasteiger partial charge < -0.3 is 20.4 Å². The Morgan fingerprint density at radius 1 is 1.03 bits per heavy atom. The summed E-state index contributed by atoms with van der Waals surface area (Å²) >= 11 is 0. The highest BCUT2D eigenvalue weighted by atomic mass is 16.6. The molecule has 0 saturated heterocycles. The molecule has 9 nitrogen and oxygen atoms in total. The van der Waals surface area contributed by atoms with Gasteiger partial charge in [-0.05, 0) is 24.6 Å². The quantitative estimate of drug-likeness (QED) is 0.291. The number of hydrogen-bond acceptors (Lipinski definition) is 5. The molecule has 1 aromatic heterocycles. The minimum atomic E-state index is -0.566. The molecule has 0 saturated carbocycles. The summed E-state index contributed by atoms with van der Waals surface area (Å²) in [4.78, 5) is 37.4. The first kappa shape index (κ1) is 19.9. The van der Waals surface area contributed by atoms with Crippen molar-refractivity contribution in [2.75, 3.05) is 19.7 Å². The molecule has 0 aliphatic heterocycles. The van der Waals surface area contributed by atoms with E-state index in [4.69, 9.17) is 4.74 Å². The summed E-state index contributed by atoms with van der Waals surface area (Å²) < 4.78 is 5.21. The van der Waals surface area contributed by atoms with Gasteiger partial charge in [-0.1, -0.05) is 30.3 Å². The monoisotopic (exact) mass is 396 g/mol. The Hall–Kier alpha value is -3.88. The van der Waals surface area contributed by atoms with Gasteiger partial charge in [0.1, 0.15) is 5.69 Å². The third-order valence-electron chi connectivity index (χ3n) is 4.16. The largest absolute Gasteiger partial charge is 0.477 e. The molecule has 3 aromatic rings. The first-order valence-electron chi connectivity index (χ1n) is 9.03. The van der Waals surface area contributed by atoms with E-state index in [1.165, 1.54) is 18.2 Å². The van der Waals surface area contributed by atoms with Crippen molar-refractivity contribution in [1.82, 2.24) is 15.6 Å². The number of rotatable bonds is 9. The lowest BCUT2D eigenvalue weighted by Gasteiger charge is -2.08. The maximum atomic E-state index is 12.2. The van der Waals surface area contributed by atoms with E-state index in [0.717, 1.165) is 10.9 Å².